The summed E-state index contributed by atoms with van der Waals surface area (Å²) in [7, 11) is 0. The Balaban J connectivity index is 1.91. The lowest BCUT2D eigenvalue weighted by atomic mass is 10.1. The molecule has 5 heteroatoms. The molecule has 0 aliphatic carbocycles. The first-order valence-corrected chi connectivity index (χ1v) is 6.34. The highest BCUT2D eigenvalue weighted by atomic mass is 35.5. The van der Waals surface area contributed by atoms with Gasteiger partial charge < -0.3 is 10.0 Å². The molecule has 3 nitrogen and oxygen atoms in total. The number of carboxylic acid groups (broad SMARTS) is 1. The Kier molecular flexibility index (Phi) is 4.19. The number of hydrogen-bond donors (Lipinski definition) is 1. The average molecular weight is 272 g/mol. The van der Waals surface area contributed by atoms with E-state index in [0.29, 0.717) is 36.5 Å². The molecule has 1 aromatic rings. The number of carbonyl (C=O) groups is 1. The Morgan fingerprint density at radius 3 is 2.94 bits per heavy atom. The minimum Gasteiger partial charge on any atom is -0.481 e. The minimum absolute atomic E-state index is 0.291. The molecule has 1 heterocycles. The van der Waals surface area contributed by atoms with Crippen molar-refractivity contribution in [3.8, 4) is 0 Å². The van der Waals surface area contributed by atoms with Crippen molar-refractivity contribution in [3.63, 3.8) is 0 Å². The van der Waals surface area contributed by atoms with Crippen LogP contribution in [0, 0.1) is 11.7 Å². The molecule has 0 amide bonds. The van der Waals surface area contributed by atoms with Crippen LogP contribution in [0.25, 0.3) is 0 Å². The molecule has 0 saturated carbocycles. The summed E-state index contributed by atoms with van der Waals surface area (Å²) in [4.78, 5) is 12.9. The smallest absolute Gasteiger partial charge is 0.307 e. The van der Waals surface area contributed by atoms with Crippen LogP contribution in [0.5, 0.6) is 0 Å². The summed E-state index contributed by atoms with van der Waals surface area (Å²) in [6.07, 6.45) is 1.18. The fourth-order valence-corrected chi connectivity index (χ4v) is 2.54. The number of rotatable bonds is 4. The summed E-state index contributed by atoms with van der Waals surface area (Å²) in [6.45, 7) is 1.94. The molecule has 0 spiro atoms. The van der Waals surface area contributed by atoms with Gasteiger partial charge in [-0.05, 0) is 31.5 Å². The summed E-state index contributed by atoms with van der Waals surface area (Å²) >= 11 is 5.94. The summed E-state index contributed by atoms with van der Waals surface area (Å²) in [6, 6.07) is 4.65. The third kappa shape index (κ3) is 3.00. The Bertz CT molecular complexity index is 432. The van der Waals surface area contributed by atoms with Crippen molar-refractivity contribution in [2.24, 2.45) is 5.92 Å². The first kappa shape index (κ1) is 13.3. The second-order valence-corrected chi connectivity index (χ2v) is 4.98. The third-order valence-corrected chi connectivity index (χ3v) is 3.72. The van der Waals surface area contributed by atoms with Crippen molar-refractivity contribution in [1.29, 1.82) is 0 Å². The van der Waals surface area contributed by atoms with Crippen LogP contribution < -0.4 is 0 Å². The SMILES string of the molecule is O=C(O)C1CCN(CCc2c(F)cccc2Cl)C1. The van der Waals surface area contributed by atoms with Crippen LogP contribution in [-0.4, -0.2) is 35.6 Å². The lowest BCUT2D eigenvalue weighted by Gasteiger charge is -2.15. The maximum atomic E-state index is 13.5. The monoisotopic (exact) mass is 271 g/mol. The van der Waals surface area contributed by atoms with Crippen molar-refractivity contribution >= 4 is 17.6 Å². The molecule has 1 aliphatic rings. The Hall–Kier alpha value is -1.13. The molecule has 98 valence electrons. The number of aliphatic carboxylic acids is 1. The standard InChI is InChI=1S/C13H15ClFNO2/c14-11-2-1-3-12(15)10(11)5-7-16-6-4-9(8-16)13(17)18/h1-3,9H,4-8H2,(H,17,18). The Morgan fingerprint density at radius 2 is 2.33 bits per heavy atom. The van der Waals surface area contributed by atoms with E-state index in [-0.39, 0.29) is 11.7 Å². The fraction of sp³-hybridized carbons (Fsp3) is 0.462. The van der Waals surface area contributed by atoms with Crippen molar-refractivity contribution in [3.05, 3.63) is 34.6 Å². The third-order valence-electron chi connectivity index (χ3n) is 3.36. The second-order valence-electron chi connectivity index (χ2n) is 4.57. The van der Waals surface area contributed by atoms with Crippen LogP contribution >= 0.6 is 11.6 Å². The highest BCUT2D eigenvalue weighted by Gasteiger charge is 2.27. The topological polar surface area (TPSA) is 40.5 Å². The zero-order chi connectivity index (χ0) is 13.1. The zero-order valence-corrected chi connectivity index (χ0v) is 10.7. The normalized spacial score (nSPS) is 20.2. The van der Waals surface area contributed by atoms with Crippen LogP contribution in [0.1, 0.15) is 12.0 Å². The molecular formula is C13H15ClFNO2. The van der Waals surface area contributed by atoms with Crippen molar-refractivity contribution in [2.75, 3.05) is 19.6 Å². The van der Waals surface area contributed by atoms with E-state index in [4.69, 9.17) is 16.7 Å². The van der Waals surface area contributed by atoms with E-state index in [1.165, 1.54) is 6.07 Å². The van der Waals surface area contributed by atoms with Crippen molar-refractivity contribution < 1.29 is 14.3 Å². The van der Waals surface area contributed by atoms with Crippen LogP contribution in [0.4, 0.5) is 4.39 Å². The molecule has 1 fully saturated rings. The van der Waals surface area contributed by atoms with Crippen LogP contribution in [0.2, 0.25) is 5.02 Å². The predicted molar refractivity (Wildman–Crippen MR) is 67.3 cm³/mol. The Labute approximate surface area is 110 Å². The van der Waals surface area contributed by atoms with Gasteiger partial charge in [0.2, 0.25) is 0 Å². The molecule has 1 unspecified atom stereocenters. The molecule has 0 radical (unpaired) electrons. The zero-order valence-electron chi connectivity index (χ0n) is 9.90. The molecule has 1 atom stereocenters. The van der Waals surface area contributed by atoms with E-state index < -0.39 is 5.97 Å². The highest BCUT2D eigenvalue weighted by Crippen LogP contribution is 2.21. The van der Waals surface area contributed by atoms with Gasteiger partial charge in [-0.3, -0.25) is 4.79 Å². The number of carboxylic acids is 1. The molecule has 0 aromatic heterocycles. The van der Waals surface area contributed by atoms with E-state index >= 15 is 0 Å². The predicted octanol–water partition coefficient (Wildman–Crippen LogP) is 2.43. The van der Waals surface area contributed by atoms with Gasteiger partial charge in [-0.1, -0.05) is 17.7 Å². The molecule has 1 aliphatic heterocycles. The maximum Gasteiger partial charge on any atom is 0.307 e. The number of likely N-dealkylation sites (tertiary alicyclic amines) is 1. The number of nitrogens with zero attached hydrogens (tertiary/aromatic N) is 1. The van der Waals surface area contributed by atoms with Gasteiger partial charge in [0.15, 0.2) is 0 Å². The number of benzene rings is 1. The summed E-state index contributed by atoms with van der Waals surface area (Å²) in [5.41, 5.74) is 0.512. The van der Waals surface area contributed by atoms with Gasteiger partial charge in [0.1, 0.15) is 5.82 Å². The summed E-state index contributed by atoms with van der Waals surface area (Å²) in [5.74, 6) is -1.33. The van der Waals surface area contributed by atoms with E-state index in [2.05, 4.69) is 0 Å². The fourth-order valence-electron chi connectivity index (χ4n) is 2.28. The second kappa shape index (κ2) is 5.67. The van der Waals surface area contributed by atoms with Crippen molar-refractivity contribution in [2.45, 2.75) is 12.8 Å². The lowest BCUT2D eigenvalue weighted by molar-refractivity contribution is -0.141. The van der Waals surface area contributed by atoms with Gasteiger partial charge >= 0.3 is 5.97 Å². The van der Waals surface area contributed by atoms with Crippen LogP contribution in [-0.2, 0) is 11.2 Å². The number of hydrogen-bond acceptors (Lipinski definition) is 2. The maximum absolute atomic E-state index is 13.5. The summed E-state index contributed by atoms with van der Waals surface area (Å²) < 4.78 is 13.5. The van der Waals surface area contributed by atoms with E-state index in [1.807, 2.05) is 4.90 Å². The average Bonchev–Trinajstić information content (AvgIpc) is 2.77. The van der Waals surface area contributed by atoms with E-state index in [9.17, 15) is 9.18 Å². The summed E-state index contributed by atoms with van der Waals surface area (Å²) in [5, 5.41) is 9.33. The Morgan fingerprint density at radius 1 is 1.56 bits per heavy atom. The highest BCUT2D eigenvalue weighted by molar-refractivity contribution is 6.31. The molecule has 1 saturated heterocycles. The minimum atomic E-state index is -0.749. The molecule has 1 N–H and O–H groups in total. The van der Waals surface area contributed by atoms with Crippen LogP contribution in [0.15, 0.2) is 18.2 Å². The quantitative estimate of drug-likeness (QED) is 0.914. The van der Waals surface area contributed by atoms with Gasteiger partial charge in [-0.15, -0.1) is 0 Å². The lowest BCUT2D eigenvalue weighted by Crippen LogP contribution is -2.25. The number of halogens is 2. The molecule has 1 aromatic carbocycles. The van der Waals surface area contributed by atoms with Crippen molar-refractivity contribution in [1.82, 2.24) is 4.90 Å². The first-order chi connectivity index (χ1) is 8.58. The van der Waals surface area contributed by atoms with Gasteiger partial charge in [0.05, 0.1) is 5.92 Å². The first-order valence-electron chi connectivity index (χ1n) is 5.96. The molecule has 2 rings (SSSR count). The van der Waals surface area contributed by atoms with E-state index in [0.717, 1.165) is 6.54 Å². The molecule has 18 heavy (non-hydrogen) atoms. The largest absolute Gasteiger partial charge is 0.481 e. The molecule has 0 bridgehead atoms. The van der Waals surface area contributed by atoms with Gasteiger partial charge in [0.25, 0.3) is 0 Å². The van der Waals surface area contributed by atoms with Gasteiger partial charge in [-0.25, -0.2) is 4.39 Å². The molecular weight excluding hydrogens is 257 g/mol. The van der Waals surface area contributed by atoms with Gasteiger partial charge in [0, 0.05) is 23.7 Å². The van der Waals surface area contributed by atoms with Gasteiger partial charge in [-0.2, -0.15) is 0 Å². The van der Waals surface area contributed by atoms with E-state index in [1.54, 1.807) is 12.1 Å². The van der Waals surface area contributed by atoms with Crippen LogP contribution in [0.3, 0.4) is 0 Å².